The number of carbonyl (C=O) groups is 1. The average molecular weight is 437 g/mol. The van der Waals surface area contributed by atoms with E-state index < -0.39 is 0 Å². The highest BCUT2D eigenvalue weighted by Gasteiger charge is 2.48. The Kier molecular flexibility index (Phi) is 5.70. The first-order valence-electron chi connectivity index (χ1n) is 11.7. The summed E-state index contributed by atoms with van der Waals surface area (Å²) >= 11 is 0. The van der Waals surface area contributed by atoms with Crippen molar-refractivity contribution in [1.29, 1.82) is 0 Å². The van der Waals surface area contributed by atoms with Crippen molar-refractivity contribution in [3.8, 4) is 11.5 Å². The van der Waals surface area contributed by atoms with Crippen molar-refractivity contribution in [2.75, 3.05) is 7.11 Å². The second-order valence-electron chi connectivity index (χ2n) is 9.80. The molecule has 6 rings (SSSR count). The van der Waals surface area contributed by atoms with Crippen LogP contribution >= 0.6 is 0 Å². The number of aromatic nitrogens is 1. The largest absolute Gasteiger partial charge is 0.493 e. The van der Waals surface area contributed by atoms with E-state index in [1.165, 1.54) is 32.1 Å². The smallest absolute Gasteiger partial charge is 0.244 e. The van der Waals surface area contributed by atoms with Crippen LogP contribution in [0.5, 0.6) is 11.5 Å². The Labute approximate surface area is 189 Å². The monoisotopic (exact) mass is 436 g/mol. The Bertz CT molecular complexity index is 977. The van der Waals surface area contributed by atoms with Gasteiger partial charge < -0.3 is 19.3 Å². The van der Waals surface area contributed by atoms with Gasteiger partial charge in [-0.05, 0) is 93.4 Å². The van der Waals surface area contributed by atoms with Gasteiger partial charge in [-0.1, -0.05) is 11.2 Å². The number of hydrogen-bond acceptors (Lipinski definition) is 5. The number of methoxy groups -OCH3 is 1. The van der Waals surface area contributed by atoms with Crippen LogP contribution in [0.1, 0.15) is 54.7 Å². The lowest BCUT2D eigenvalue weighted by atomic mass is 9.54. The minimum atomic E-state index is 0.000162. The molecule has 0 radical (unpaired) electrons. The molecule has 1 N–H and O–H groups in total. The summed E-state index contributed by atoms with van der Waals surface area (Å²) in [5.41, 5.74) is 2.66. The molecule has 32 heavy (non-hydrogen) atoms. The number of nitrogens with one attached hydrogen (secondary N) is 1. The Hall–Kier alpha value is -2.76. The molecule has 0 saturated heterocycles. The van der Waals surface area contributed by atoms with Gasteiger partial charge in [-0.25, -0.2) is 0 Å². The lowest BCUT2D eigenvalue weighted by Gasteiger charge is -2.54. The maximum atomic E-state index is 12.7. The Morgan fingerprint density at radius 3 is 2.47 bits per heavy atom. The first kappa shape index (κ1) is 21.1. The Morgan fingerprint density at radius 1 is 1.12 bits per heavy atom. The van der Waals surface area contributed by atoms with Crippen LogP contribution < -0.4 is 14.8 Å². The van der Waals surface area contributed by atoms with Crippen LogP contribution in [0.25, 0.3) is 6.08 Å². The molecular formula is C26H32N2O4. The predicted octanol–water partition coefficient (Wildman–Crippen LogP) is 4.83. The molecule has 1 aromatic heterocycles. The van der Waals surface area contributed by atoms with Crippen molar-refractivity contribution >= 4 is 12.0 Å². The van der Waals surface area contributed by atoms with Crippen molar-refractivity contribution in [2.24, 2.45) is 23.7 Å². The van der Waals surface area contributed by atoms with Crippen LogP contribution in [0, 0.1) is 37.5 Å². The number of rotatable bonds is 7. The van der Waals surface area contributed by atoms with Crippen LogP contribution in [-0.4, -0.2) is 24.2 Å². The average Bonchev–Trinajstić information content (AvgIpc) is 3.10. The molecule has 1 heterocycles. The SMILES string of the molecule is COc1cc(/C=C/C(=O)NC2C3CC4CC(C3)CC2C4)ccc1OCc1c(C)noc1C. The lowest BCUT2D eigenvalue weighted by molar-refractivity contribution is -0.120. The number of hydrogen-bond donors (Lipinski definition) is 1. The van der Waals surface area contributed by atoms with E-state index in [2.05, 4.69) is 10.5 Å². The summed E-state index contributed by atoms with van der Waals surface area (Å²) in [5.74, 6) is 5.20. The molecule has 4 fully saturated rings. The molecule has 6 nitrogen and oxygen atoms in total. The molecular weight excluding hydrogens is 404 g/mol. The molecule has 4 saturated carbocycles. The van der Waals surface area contributed by atoms with Gasteiger partial charge in [-0.2, -0.15) is 0 Å². The molecule has 1 aromatic carbocycles. The quantitative estimate of drug-likeness (QED) is 0.629. The molecule has 4 aliphatic rings. The third-order valence-electron chi connectivity index (χ3n) is 7.70. The molecule has 2 aromatic rings. The van der Waals surface area contributed by atoms with Crippen molar-refractivity contribution < 1.29 is 18.8 Å². The van der Waals surface area contributed by atoms with Crippen LogP contribution in [0.3, 0.4) is 0 Å². The molecule has 0 aliphatic heterocycles. The van der Waals surface area contributed by atoms with Gasteiger partial charge in [0.2, 0.25) is 5.91 Å². The summed E-state index contributed by atoms with van der Waals surface area (Å²) in [6, 6.07) is 6.04. The summed E-state index contributed by atoms with van der Waals surface area (Å²) in [5, 5.41) is 7.28. The molecule has 0 spiro atoms. The normalized spacial score (nSPS) is 28.3. The van der Waals surface area contributed by atoms with Crippen LogP contribution in [-0.2, 0) is 11.4 Å². The fraction of sp³-hybridized carbons (Fsp3) is 0.538. The minimum Gasteiger partial charge on any atom is -0.493 e. The van der Waals surface area contributed by atoms with Crippen molar-refractivity contribution in [2.45, 2.75) is 58.6 Å². The van der Waals surface area contributed by atoms with Crippen molar-refractivity contribution in [3.63, 3.8) is 0 Å². The van der Waals surface area contributed by atoms with Crippen LogP contribution in [0.4, 0.5) is 0 Å². The standard InChI is InChI=1S/C26H32N2O4/c1-15-22(16(2)32-28-15)14-31-23-6-4-17(13-24(23)30-3)5-7-25(29)27-26-20-9-18-8-19(11-20)12-21(26)10-18/h4-7,13,18-21,26H,8-12,14H2,1-3H3,(H,27,29)/b7-5+. The fourth-order valence-corrected chi connectivity index (χ4v) is 6.31. The summed E-state index contributed by atoms with van der Waals surface area (Å²) < 4.78 is 16.6. The minimum absolute atomic E-state index is 0.000162. The Balaban J connectivity index is 1.21. The lowest BCUT2D eigenvalue weighted by Crippen LogP contribution is -2.55. The maximum absolute atomic E-state index is 12.7. The molecule has 1 amide bonds. The number of benzene rings is 1. The van der Waals surface area contributed by atoms with Gasteiger partial charge in [0.1, 0.15) is 12.4 Å². The second-order valence-corrected chi connectivity index (χ2v) is 9.80. The summed E-state index contributed by atoms with van der Waals surface area (Å²) in [6.07, 6.45) is 10.1. The fourth-order valence-electron chi connectivity index (χ4n) is 6.31. The van der Waals surface area contributed by atoms with Crippen molar-refractivity contribution in [1.82, 2.24) is 10.5 Å². The van der Waals surface area contributed by atoms with E-state index in [0.717, 1.165) is 34.4 Å². The van der Waals surface area contributed by atoms with Crippen LogP contribution in [0.15, 0.2) is 28.8 Å². The van der Waals surface area contributed by atoms with Gasteiger partial charge in [0.25, 0.3) is 0 Å². The summed E-state index contributed by atoms with van der Waals surface area (Å²) in [7, 11) is 1.62. The number of nitrogens with zero attached hydrogens (tertiary/aromatic N) is 1. The van der Waals surface area contributed by atoms with Gasteiger partial charge in [-0.15, -0.1) is 0 Å². The number of ether oxygens (including phenoxy) is 2. The zero-order chi connectivity index (χ0) is 22.2. The van der Waals surface area contributed by atoms with Gasteiger partial charge >= 0.3 is 0 Å². The van der Waals surface area contributed by atoms with Crippen LogP contribution in [0.2, 0.25) is 0 Å². The summed E-state index contributed by atoms with van der Waals surface area (Å²) in [6.45, 7) is 4.13. The van der Waals surface area contributed by atoms with E-state index in [-0.39, 0.29) is 5.91 Å². The molecule has 0 atom stereocenters. The topological polar surface area (TPSA) is 73.6 Å². The molecule has 4 aliphatic carbocycles. The number of carbonyl (C=O) groups excluding carboxylic acids is 1. The third kappa shape index (κ3) is 4.15. The molecule has 4 bridgehead atoms. The van der Waals surface area contributed by atoms with Gasteiger partial charge in [0.05, 0.1) is 18.4 Å². The van der Waals surface area contributed by atoms with E-state index in [4.69, 9.17) is 14.0 Å². The van der Waals surface area contributed by atoms with Gasteiger partial charge in [-0.3, -0.25) is 4.79 Å². The van der Waals surface area contributed by atoms with E-state index in [1.54, 1.807) is 13.2 Å². The second kappa shape index (κ2) is 8.64. The van der Waals surface area contributed by atoms with Gasteiger partial charge in [0, 0.05) is 12.1 Å². The number of aryl methyl sites for hydroxylation is 2. The highest BCUT2D eigenvalue weighted by Crippen LogP contribution is 2.53. The highest BCUT2D eigenvalue weighted by molar-refractivity contribution is 5.92. The molecule has 6 heteroatoms. The molecule has 170 valence electrons. The van der Waals surface area contributed by atoms with E-state index in [1.807, 2.05) is 38.1 Å². The van der Waals surface area contributed by atoms with E-state index >= 15 is 0 Å². The zero-order valence-electron chi connectivity index (χ0n) is 19.1. The zero-order valence-corrected chi connectivity index (χ0v) is 19.1. The third-order valence-corrected chi connectivity index (χ3v) is 7.70. The number of amides is 1. The Morgan fingerprint density at radius 2 is 1.84 bits per heavy atom. The first-order valence-corrected chi connectivity index (χ1v) is 11.7. The summed E-state index contributed by atoms with van der Waals surface area (Å²) in [4.78, 5) is 12.7. The molecule has 0 unspecified atom stereocenters. The van der Waals surface area contributed by atoms with Crippen molar-refractivity contribution in [3.05, 3.63) is 46.9 Å². The van der Waals surface area contributed by atoms with E-state index in [9.17, 15) is 4.79 Å². The first-order chi connectivity index (χ1) is 15.5. The predicted molar refractivity (Wildman–Crippen MR) is 121 cm³/mol. The highest BCUT2D eigenvalue weighted by atomic mass is 16.5. The van der Waals surface area contributed by atoms with E-state index in [0.29, 0.717) is 36.0 Å². The van der Waals surface area contributed by atoms with Gasteiger partial charge in [0.15, 0.2) is 11.5 Å². The maximum Gasteiger partial charge on any atom is 0.244 e.